The van der Waals surface area contributed by atoms with Crippen molar-refractivity contribution in [2.45, 2.75) is 38.0 Å². The third-order valence-electron chi connectivity index (χ3n) is 4.34. The van der Waals surface area contributed by atoms with Gasteiger partial charge in [-0.2, -0.15) is 18.3 Å². The zero-order valence-corrected chi connectivity index (χ0v) is 14.5. The normalized spacial score (nSPS) is 14.3. The van der Waals surface area contributed by atoms with Crippen LogP contribution < -0.4 is 5.56 Å². The number of aromatic nitrogens is 2. The van der Waals surface area contributed by atoms with Gasteiger partial charge < -0.3 is 4.90 Å². The molecule has 1 aromatic heterocycles. The number of likely N-dealkylation sites (N-methyl/N-ethyl adjacent to an activating group) is 1. The van der Waals surface area contributed by atoms with E-state index in [1.807, 2.05) is 0 Å². The summed E-state index contributed by atoms with van der Waals surface area (Å²) < 4.78 is 52.9. The van der Waals surface area contributed by atoms with Crippen molar-refractivity contribution in [1.29, 1.82) is 0 Å². The van der Waals surface area contributed by atoms with E-state index in [9.17, 15) is 27.2 Å². The Bertz CT molecular complexity index is 902. The van der Waals surface area contributed by atoms with Crippen molar-refractivity contribution in [2.24, 2.45) is 0 Å². The van der Waals surface area contributed by atoms with Crippen LogP contribution in [0.5, 0.6) is 0 Å². The Morgan fingerprint density at radius 3 is 2.44 bits per heavy atom. The standard InChI is InChI=1S/C18H17F4N3O2/c1-24(9-11-2-6-13(19)7-3-11)16(26)10-25-17(27)14(18(20,21)22)8-15(23-25)12-4-5-12/h2-3,6-8,12H,4-5,9-10H2,1H3. The van der Waals surface area contributed by atoms with Gasteiger partial charge in [0.25, 0.3) is 5.56 Å². The molecule has 0 spiro atoms. The van der Waals surface area contributed by atoms with Crippen molar-refractivity contribution < 1.29 is 22.4 Å². The molecule has 0 aliphatic heterocycles. The van der Waals surface area contributed by atoms with Crippen LogP contribution in [0, 0.1) is 5.82 Å². The number of hydrogen-bond donors (Lipinski definition) is 0. The molecule has 0 atom stereocenters. The number of amides is 1. The first kappa shape index (κ1) is 19.1. The molecule has 144 valence electrons. The molecule has 0 bridgehead atoms. The number of nitrogens with zero attached hydrogens (tertiary/aromatic N) is 3. The lowest BCUT2D eigenvalue weighted by Crippen LogP contribution is -2.37. The molecule has 1 amide bonds. The van der Waals surface area contributed by atoms with Crippen molar-refractivity contribution in [3.05, 3.63) is 63.3 Å². The van der Waals surface area contributed by atoms with Crippen molar-refractivity contribution in [3.8, 4) is 0 Å². The Morgan fingerprint density at radius 2 is 1.89 bits per heavy atom. The lowest BCUT2D eigenvalue weighted by atomic mass is 10.2. The molecule has 1 fully saturated rings. The maximum Gasteiger partial charge on any atom is 0.421 e. The van der Waals surface area contributed by atoms with Gasteiger partial charge >= 0.3 is 6.18 Å². The second-order valence-corrected chi connectivity index (χ2v) is 6.59. The minimum atomic E-state index is -4.81. The van der Waals surface area contributed by atoms with Gasteiger partial charge in [-0.05, 0) is 36.6 Å². The number of halogens is 4. The van der Waals surface area contributed by atoms with E-state index in [1.165, 1.54) is 36.2 Å². The second kappa shape index (κ2) is 7.13. The van der Waals surface area contributed by atoms with Crippen LogP contribution in [-0.2, 0) is 24.1 Å². The number of carbonyl (C=O) groups excluding carboxylic acids is 1. The summed E-state index contributed by atoms with van der Waals surface area (Å²) in [6.45, 7) is -0.470. The van der Waals surface area contributed by atoms with Gasteiger partial charge in [-0.15, -0.1) is 0 Å². The molecular formula is C18H17F4N3O2. The number of rotatable bonds is 5. The molecule has 1 aromatic carbocycles. The quantitative estimate of drug-likeness (QED) is 0.746. The summed E-state index contributed by atoms with van der Waals surface area (Å²) in [5.74, 6) is -1.10. The molecule has 1 aliphatic rings. The largest absolute Gasteiger partial charge is 0.421 e. The summed E-state index contributed by atoms with van der Waals surface area (Å²) >= 11 is 0. The summed E-state index contributed by atoms with van der Waals surface area (Å²) in [6, 6.07) is 6.27. The smallest absolute Gasteiger partial charge is 0.340 e. The maximum atomic E-state index is 13.1. The van der Waals surface area contributed by atoms with Gasteiger partial charge in [-0.3, -0.25) is 9.59 Å². The van der Waals surface area contributed by atoms with E-state index in [4.69, 9.17) is 0 Å². The maximum absolute atomic E-state index is 13.1. The first-order chi connectivity index (χ1) is 12.6. The average Bonchev–Trinajstić information content (AvgIpc) is 3.42. The molecule has 0 saturated heterocycles. The van der Waals surface area contributed by atoms with Crippen LogP contribution in [0.2, 0.25) is 0 Å². The van der Waals surface area contributed by atoms with Crippen molar-refractivity contribution in [3.63, 3.8) is 0 Å². The predicted molar refractivity (Wildman–Crippen MR) is 88.3 cm³/mol. The van der Waals surface area contributed by atoms with Crippen molar-refractivity contribution >= 4 is 5.91 Å². The molecule has 9 heteroatoms. The molecule has 1 heterocycles. The van der Waals surface area contributed by atoms with Gasteiger partial charge in [0.2, 0.25) is 5.91 Å². The Kier molecular flexibility index (Phi) is 5.03. The molecule has 0 unspecified atom stereocenters. The minimum absolute atomic E-state index is 0.106. The van der Waals surface area contributed by atoms with Crippen LogP contribution in [0.25, 0.3) is 0 Å². The van der Waals surface area contributed by atoms with Crippen LogP contribution in [-0.4, -0.2) is 27.6 Å². The highest BCUT2D eigenvalue weighted by Gasteiger charge is 2.37. The molecule has 0 N–H and O–H groups in total. The highest BCUT2D eigenvalue weighted by molar-refractivity contribution is 5.75. The van der Waals surface area contributed by atoms with Crippen LogP contribution in [0.15, 0.2) is 35.1 Å². The summed E-state index contributed by atoms with van der Waals surface area (Å²) in [6.07, 6.45) is -3.39. The fourth-order valence-electron chi connectivity index (χ4n) is 2.65. The first-order valence-corrected chi connectivity index (χ1v) is 8.33. The Hall–Kier alpha value is -2.71. The monoisotopic (exact) mass is 383 g/mol. The lowest BCUT2D eigenvalue weighted by Gasteiger charge is -2.18. The summed E-state index contributed by atoms with van der Waals surface area (Å²) in [4.78, 5) is 25.7. The predicted octanol–water partition coefficient (Wildman–Crippen LogP) is 2.94. The van der Waals surface area contributed by atoms with E-state index >= 15 is 0 Å². The SMILES string of the molecule is CN(Cc1ccc(F)cc1)C(=O)Cn1nc(C2CC2)cc(C(F)(F)F)c1=O. The number of carbonyl (C=O) groups is 1. The van der Waals surface area contributed by atoms with Gasteiger partial charge in [0.05, 0.1) is 5.69 Å². The highest BCUT2D eigenvalue weighted by atomic mass is 19.4. The molecule has 2 aromatic rings. The molecule has 3 rings (SSSR count). The van der Waals surface area contributed by atoms with Crippen molar-refractivity contribution in [1.82, 2.24) is 14.7 Å². The minimum Gasteiger partial charge on any atom is -0.340 e. The lowest BCUT2D eigenvalue weighted by molar-refractivity contribution is -0.140. The molecule has 5 nitrogen and oxygen atoms in total. The molecule has 27 heavy (non-hydrogen) atoms. The molecule has 1 saturated carbocycles. The third-order valence-corrected chi connectivity index (χ3v) is 4.34. The van der Waals surface area contributed by atoms with Crippen LogP contribution in [0.1, 0.15) is 35.6 Å². The molecule has 0 radical (unpaired) electrons. The van der Waals surface area contributed by atoms with Crippen LogP contribution in [0.4, 0.5) is 17.6 Å². The second-order valence-electron chi connectivity index (χ2n) is 6.59. The van der Waals surface area contributed by atoms with Crippen molar-refractivity contribution in [2.75, 3.05) is 7.05 Å². The Labute approximate surface area is 152 Å². The van der Waals surface area contributed by atoms with Crippen LogP contribution >= 0.6 is 0 Å². The molecule has 1 aliphatic carbocycles. The van der Waals surface area contributed by atoms with Crippen LogP contribution in [0.3, 0.4) is 0 Å². The van der Waals surface area contributed by atoms with E-state index in [1.54, 1.807) is 0 Å². The molecular weight excluding hydrogens is 366 g/mol. The van der Waals surface area contributed by atoms with Gasteiger partial charge in [0, 0.05) is 19.5 Å². The van der Waals surface area contributed by atoms with Gasteiger partial charge in [0.1, 0.15) is 17.9 Å². The van der Waals surface area contributed by atoms with E-state index < -0.39 is 35.6 Å². The first-order valence-electron chi connectivity index (χ1n) is 8.33. The zero-order valence-electron chi connectivity index (χ0n) is 14.5. The number of alkyl halides is 3. The Morgan fingerprint density at radius 1 is 1.26 bits per heavy atom. The fourth-order valence-corrected chi connectivity index (χ4v) is 2.65. The average molecular weight is 383 g/mol. The van der Waals surface area contributed by atoms with E-state index in [0.29, 0.717) is 23.1 Å². The summed E-state index contributed by atoms with van der Waals surface area (Å²) in [7, 11) is 1.45. The van der Waals surface area contributed by atoms with Gasteiger partial charge in [0.15, 0.2) is 0 Å². The van der Waals surface area contributed by atoms with E-state index in [0.717, 1.165) is 6.07 Å². The number of hydrogen-bond acceptors (Lipinski definition) is 3. The summed E-state index contributed by atoms with van der Waals surface area (Å²) in [5, 5.41) is 3.96. The fraction of sp³-hybridized carbons (Fsp3) is 0.389. The van der Waals surface area contributed by atoms with Gasteiger partial charge in [-0.25, -0.2) is 9.07 Å². The summed E-state index contributed by atoms with van der Waals surface area (Å²) in [5.41, 5.74) is -1.82. The van der Waals surface area contributed by atoms with E-state index in [-0.39, 0.29) is 18.2 Å². The topological polar surface area (TPSA) is 55.2 Å². The van der Waals surface area contributed by atoms with Gasteiger partial charge in [-0.1, -0.05) is 12.1 Å². The third kappa shape index (κ3) is 4.53. The van der Waals surface area contributed by atoms with E-state index in [2.05, 4.69) is 5.10 Å². The Balaban J connectivity index is 1.81. The number of benzene rings is 1. The zero-order chi connectivity index (χ0) is 19.8. The highest BCUT2D eigenvalue weighted by Crippen LogP contribution is 2.40.